The van der Waals surface area contributed by atoms with Gasteiger partial charge in [0.05, 0.1) is 25.0 Å². The molecule has 2 amide bonds. The average Bonchev–Trinajstić information content (AvgIpc) is 3.02. The largest absolute Gasteiger partial charge is 0.408 e. The molecule has 2 aliphatic rings. The van der Waals surface area contributed by atoms with Crippen molar-refractivity contribution < 1.29 is 32.4 Å². The molecule has 0 aromatic heterocycles. The summed E-state index contributed by atoms with van der Waals surface area (Å²) in [6.07, 6.45) is -3.36. The van der Waals surface area contributed by atoms with Crippen LogP contribution in [0.25, 0.3) is 0 Å². The number of alkyl halides is 3. The molecule has 2 saturated heterocycles. The Morgan fingerprint density at radius 2 is 1.44 bits per heavy atom. The summed E-state index contributed by atoms with van der Waals surface area (Å²) in [5.74, 6) is -1.51. The van der Waals surface area contributed by atoms with E-state index in [2.05, 4.69) is 0 Å². The van der Waals surface area contributed by atoms with Gasteiger partial charge in [-0.05, 0) is 23.7 Å². The minimum Gasteiger partial charge on any atom is -0.272 e. The molecular formula is C18H29F3N2O4. The van der Waals surface area contributed by atoms with Crippen LogP contribution in [0.15, 0.2) is 0 Å². The lowest BCUT2D eigenvalue weighted by molar-refractivity contribution is -0.214. The maximum absolute atomic E-state index is 12.5. The van der Waals surface area contributed by atoms with E-state index in [1.54, 1.807) is 0 Å². The van der Waals surface area contributed by atoms with Crippen molar-refractivity contribution in [3.05, 3.63) is 0 Å². The SMILES string of the molecule is CC(C)(C)[C@@H]1CON(CCCC(C)(C)[C@@H]2CON(CC(F)(F)F)C2=O)C1=O. The summed E-state index contributed by atoms with van der Waals surface area (Å²) < 4.78 is 37.5. The number of carbonyl (C=O) groups is 2. The molecule has 6 nitrogen and oxygen atoms in total. The molecule has 0 aromatic carbocycles. The van der Waals surface area contributed by atoms with Crippen molar-refractivity contribution in [1.82, 2.24) is 10.1 Å². The van der Waals surface area contributed by atoms with Gasteiger partial charge in [-0.15, -0.1) is 0 Å². The average molecular weight is 394 g/mol. The molecule has 0 unspecified atom stereocenters. The zero-order valence-electron chi connectivity index (χ0n) is 16.6. The highest BCUT2D eigenvalue weighted by Crippen LogP contribution is 2.38. The van der Waals surface area contributed by atoms with Crippen LogP contribution in [0.1, 0.15) is 47.5 Å². The lowest BCUT2D eigenvalue weighted by Crippen LogP contribution is -2.39. The third kappa shape index (κ3) is 5.34. The fraction of sp³-hybridized carbons (Fsp3) is 0.889. The molecule has 0 aromatic rings. The van der Waals surface area contributed by atoms with Gasteiger partial charge in [-0.25, -0.2) is 10.1 Å². The monoisotopic (exact) mass is 394 g/mol. The predicted octanol–water partition coefficient (Wildman–Crippen LogP) is 3.18. The fourth-order valence-corrected chi connectivity index (χ4v) is 3.44. The van der Waals surface area contributed by atoms with Gasteiger partial charge in [0.15, 0.2) is 0 Å². The number of amides is 2. The number of hydroxylamine groups is 4. The Labute approximate surface area is 157 Å². The Hall–Kier alpha value is -1.35. The van der Waals surface area contributed by atoms with Gasteiger partial charge in [0.2, 0.25) is 0 Å². The Morgan fingerprint density at radius 1 is 0.926 bits per heavy atom. The van der Waals surface area contributed by atoms with Crippen molar-refractivity contribution >= 4 is 11.8 Å². The van der Waals surface area contributed by atoms with Crippen molar-refractivity contribution in [2.75, 3.05) is 26.3 Å². The summed E-state index contributed by atoms with van der Waals surface area (Å²) in [5, 5.41) is 1.78. The lowest BCUT2D eigenvalue weighted by atomic mass is 9.75. The molecule has 27 heavy (non-hydrogen) atoms. The van der Waals surface area contributed by atoms with E-state index in [0.717, 1.165) is 0 Å². The summed E-state index contributed by atoms with van der Waals surface area (Å²) in [6.45, 7) is 8.92. The van der Waals surface area contributed by atoms with E-state index < -0.39 is 30.0 Å². The second kappa shape index (κ2) is 7.58. The van der Waals surface area contributed by atoms with Crippen LogP contribution in [-0.2, 0) is 19.3 Å². The number of hydrogen-bond donors (Lipinski definition) is 0. The zero-order chi connectivity index (χ0) is 20.6. The topological polar surface area (TPSA) is 59.1 Å². The fourth-order valence-electron chi connectivity index (χ4n) is 3.44. The highest BCUT2D eigenvalue weighted by Gasteiger charge is 2.47. The molecular weight excluding hydrogens is 365 g/mol. The molecule has 0 N–H and O–H groups in total. The van der Waals surface area contributed by atoms with E-state index in [1.807, 2.05) is 34.6 Å². The number of hydrogen-bond acceptors (Lipinski definition) is 4. The van der Waals surface area contributed by atoms with Gasteiger partial charge in [0.25, 0.3) is 11.8 Å². The molecule has 9 heteroatoms. The zero-order valence-corrected chi connectivity index (χ0v) is 16.6. The van der Waals surface area contributed by atoms with Crippen LogP contribution in [0.4, 0.5) is 13.2 Å². The van der Waals surface area contributed by atoms with Crippen molar-refractivity contribution in [2.45, 2.75) is 53.6 Å². The van der Waals surface area contributed by atoms with Crippen molar-refractivity contribution in [3.8, 4) is 0 Å². The Morgan fingerprint density at radius 3 is 1.96 bits per heavy atom. The maximum Gasteiger partial charge on any atom is 0.408 e. The van der Waals surface area contributed by atoms with Crippen LogP contribution in [0.3, 0.4) is 0 Å². The third-order valence-corrected chi connectivity index (χ3v) is 5.38. The van der Waals surface area contributed by atoms with E-state index in [9.17, 15) is 22.8 Å². The minimum atomic E-state index is -4.49. The van der Waals surface area contributed by atoms with Gasteiger partial charge in [0.1, 0.15) is 6.54 Å². The first-order valence-electron chi connectivity index (χ1n) is 9.18. The molecule has 0 bridgehead atoms. The molecule has 0 saturated carbocycles. The Balaban J connectivity index is 1.85. The third-order valence-electron chi connectivity index (χ3n) is 5.38. The summed E-state index contributed by atoms with van der Waals surface area (Å²) in [7, 11) is 0. The van der Waals surface area contributed by atoms with Crippen molar-refractivity contribution in [2.24, 2.45) is 22.7 Å². The first-order valence-corrected chi connectivity index (χ1v) is 9.18. The number of halogens is 3. The number of rotatable bonds is 6. The van der Waals surface area contributed by atoms with E-state index in [4.69, 9.17) is 9.68 Å². The molecule has 156 valence electrons. The van der Waals surface area contributed by atoms with Crippen molar-refractivity contribution in [1.29, 1.82) is 0 Å². The normalized spacial score (nSPS) is 25.0. The first-order chi connectivity index (χ1) is 12.2. The lowest BCUT2D eigenvalue weighted by Gasteiger charge is -2.30. The number of carbonyl (C=O) groups excluding carboxylic acids is 2. The molecule has 2 atom stereocenters. The summed E-state index contributed by atoms with van der Waals surface area (Å²) in [4.78, 5) is 35.1. The Bertz CT molecular complexity index is 572. The van der Waals surface area contributed by atoms with Crippen LogP contribution in [-0.4, -0.2) is 54.4 Å². The summed E-state index contributed by atoms with van der Waals surface area (Å²) in [6, 6.07) is 0. The van der Waals surface area contributed by atoms with Crippen molar-refractivity contribution in [3.63, 3.8) is 0 Å². The van der Waals surface area contributed by atoms with E-state index in [-0.39, 0.29) is 23.8 Å². The van der Waals surface area contributed by atoms with E-state index in [0.29, 0.717) is 31.1 Å². The minimum absolute atomic E-state index is 0.0445. The van der Waals surface area contributed by atoms with Gasteiger partial charge >= 0.3 is 6.18 Å². The predicted molar refractivity (Wildman–Crippen MR) is 90.8 cm³/mol. The van der Waals surface area contributed by atoms with Crippen LogP contribution in [0, 0.1) is 22.7 Å². The Kier molecular flexibility index (Phi) is 6.16. The van der Waals surface area contributed by atoms with Gasteiger partial charge in [-0.3, -0.25) is 19.3 Å². The molecule has 0 spiro atoms. The smallest absolute Gasteiger partial charge is 0.272 e. The van der Waals surface area contributed by atoms with E-state index >= 15 is 0 Å². The van der Waals surface area contributed by atoms with Gasteiger partial charge in [0, 0.05) is 6.54 Å². The quantitative estimate of drug-likeness (QED) is 0.694. The highest BCUT2D eigenvalue weighted by atomic mass is 19.4. The molecule has 0 aliphatic carbocycles. The number of nitrogens with zero attached hydrogens (tertiary/aromatic N) is 2. The van der Waals surface area contributed by atoms with Crippen LogP contribution < -0.4 is 0 Å². The standard InChI is InChI=1S/C18H29F3N2O4/c1-16(2,3)12-9-26-22(14(12)24)8-6-7-17(4,5)13-10-27-23(15(13)25)11-18(19,20)21/h12-13H,6-11H2,1-5H3/t12-,13-/m1/s1. The molecule has 2 aliphatic heterocycles. The van der Waals surface area contributed by atoms with Crippen LogP contribution in [0.5, 0.6) is 0 Å². The van der Waals surface area contributed by atoms with Crippen LogP contribution >= 0.6 is 0 Å². The summed E-state index contributed by atoms with van der Waals surface area (Å²) in [5.41, 5.74) is -0.732. The second-order valence-corrected chi connectivity index (χ2v) is 9.09. The summed E-state index contributed by atoms with van der Waals surface area (Å²) >= 11 is 0. The second-order valence-electron chi connectivity index (χ2n) is 9.09. The van der Waals surface area contributed by atoms with Gasteiger partial charge in [-0.1, -0.05) is 34.6 Å². The molecule has 0 radical (unpaired) electrons. The van der Waals surface area contributed by atoms with Crippen LogP contribution in [0.2, 0.25) is 0 Å². The molecule has 2 rings (SSSR count). The molecule has 2 heterocycles. The first kappa shape index (κ1) is 21.9. The van der Waals surface area contributed by atoms with Gasteiger partial charge in [-0.2, -0.15) is 13.2 Å². The van der Waals surface area contributed by atoms with Gasteiger partial charge < -0.3 is 0 Å². The highest BCUT2D eigenvalue weighted by molar-refractivity contribution is 5.80. The maximum atomic E-state index is 12.5. The van der Waals surface area contributed by atoms with E-state index in [1.165, 1.54) is 5.06 Å². The molecule has 2 fully saturated rings.